The molecular formula is C18H18BrClN2O3. The summed E-state index contributed by atoms with van der Waals surface area (Å²) in [6, 6.07) is 12.5. The van der Waals surface area contributed by atoms with Gasteiger partial charge in [0.15, 0.2) is 6.61 Å². The van der Waals surface area contributed by atoms with Gasteiger partial charge in [-0.05, 0) is 53.2 Å². The van der Waals surface area contributed by atoms with Crippen molar-refractivity contribution in [2.75, 3.05) is 25.5 Å². The van der Waals surface area contributed by atoms with E-state index in [1.165, 1.54) is 4.90 Å². The molecule has 0 unspecified atom stereocenters. The number of amides is 2. The van der Waals surface area contributed by atoms with Crippen LogP contribution in [0.3, 0.4) is 0 Å². The van der Waals surface area contributed by atoms with Gasteiger partial charge in [-0.3, -0.25) is 9.59 Å². The predicted octanol–water partition coefficient (Wildman–Crippen LogP) is 3.89. The van der Waals surface area contributed by atoms with Gasteiger partial charge in [0.25, 0.3) is 5.91 Å². The first kappa shape index (κ1) is 19.3. The fourth-order valence-electron chi connectivity index (χ4n) is 1.98. The van der Waals surface area contributed by atoms with Crippen molar-refractivity contribution >= 4 is 45.0 Å². The number of hydrogen-bond acceptors (Lipinski definition) is 3. The monoisotopic (exact) mass is 424 g/mol. The molecule has 0 atom stereocenters. The molecule has 7 heteroatoms. The van der Waals surface area contributed by atoms with E-state index in [1.807, 2.05) is 31.2 Å². The summed E-state index contributed by atoms with van der Waals surface area (Å²) in [6.45, 7) is 1.74. The highest BCUT2D eigenvalue weighted by Crippen LogP contribution is 2.27. The second-order valence-electron chi connectivity index (χ2n) is 5.53. The average Bonchev–Trinajstić information content (AvgIpc) is 2.55. The number of anilines is 1. The molecule has 0 aromatic heterocycles. The number of nitrogens with zero attached hydrogens (tertiary/aromatic N) is 1. The second kappa shape index (κ2) is 8.87. The Bertz CT molecular complexity index is 765. The highest BCUT2D eigenvalue weighted by molar-refractivity contribution is 9.10. The molecule has 132 valence electrons. The zero-order valence-electron chi connectivity index (χ0n) is 13.9. The van der Waals surface area contributed by atoms with Crippen molar-refractivity contribution in [3.8, 4) is 5.75 Å². The average molecular weight is 426 g/mol. The number of halogens is 2. The van der Waals surface area contributed by atoms with E-state index >= 15 is 0 Å². The van der Waals surface area contributed by atoms with Crippen molar-refractivity contribution in [1.82, 2.24) is 4.90 Å². The Labute approximate surface area is 160 Å². The molecule has 2 rings (SSSR count). The number of carbonyl (C=O) groups excluding carboxylic acids is 2. The summed E-state index contributed by atoms with van der Waals surface area (Å²) in [4.78, 5) is 25.4. The summed E-state index contributed by atoms with van der Waals surface area (Å²) in [5.41, 5.74) is 1.80. The van der Waals surface area contributed by atoms with Crippen LogP contribution in [0.4, 0.5) is 5.69 Å². The van der Waals surface area contributed by atoms with Gasteiger partial charge in [-0.15, -0.1) is 0 Å². The van der Waals surface area contributed by atoms with Gasteiger partial charge < -0.3 is 15.0 Å². The van der Waals surface area contributed by atoms with Crippen LogP contribution in [0.25, 0.3) is 0 Å². The van der Waals surface area contributed by atoms with Gasteiger partial charge in [-0.1, -0.05) is 29.3 Å². The molecule has 0 saturated carbocycles. The summed E-state index contributed by atoms with van der Waals surface area (Å²) in [6.07, 6.45) is 0. The van der Waals surface area contributed by atoms with Crippen molar-refractivity contribution < 1.29 is 14.3 Å². The minimum atomic E-state index is -0.305. The summed E-state index contributed by atoms with van der Waals surface area (Å²) in [7, 11) is 1.55. The molecule has 2 aromatic carbocycles. The van der Waals surface area contributed by atoms with E-state index in [-0.39, 0.29) is 25.0 Å². The first-order valence-corrected chi connectivity index (χ1v) is 8.70. The third kappa shape index (κ3) is 6.07. The molecule has 0 fully saturated rings. The molecule has 0 radical (unpaired) electrons. The SMILES string of the molecule is Cc1ccc(NC(=O)CN(C)C(=O)COc2ccc(Cl)cc2Br)cc1. The lowest BCUT2D eigenvalue weighted by Crippen LogP contribution is -2.37. The third-order valence-electron chi connectivity index (χ3n) is 3.39. The molecule has 1 N–H and O–H groups in total. The topological polar surface area (TPSA) is 58.6 Å². The van der Waals surface area contributed by atoms with Crippen LogP contribution in [-0.2, 0) is 9.59 Å². The molecule has 0 heterocycles. The standard InChI is InChI=1S/C18H18BrClN2O3/c1-12-3-6-14(7-4-12)21-17(23)10-22(2)18(24)11-25-16-8-5-13(20)9-15(16)19/h3-9H,10-11H2,1-2H3,(H,21,23). The molecular weight excluding hydrogens is 408 g/mol. The van der Waals surface area contributed by atoms with Gasteiger partial charge in [0.1, 0.15) is 5.75 Å². The smallest absolute Gasteiger partial charge is 0.260 e. The van der Waals surface area contributed by atoms with Gasteiger partial charge >= 0.3 is 0 Å². The largest absolute Gasteiger partial charge is 0.483 e. The first-order valence-electron chi connectivity index (χ1n) is 7.53. The summed E-state index contributed by atoms with van der Waals surface area (Å²) in [5.74, 6) is -0.0662. The van der Waals surface area contributed by atoms with Crippen LogP contribution in [0, 0.1) is 6.92 Å². The van der Waals surface area contributed by atoms with Crippen LogP contribution in [0.2, 0.25) is 5.02 Å². The molecule has 0 saturated heterocycles. The van der Waals surface area contributed by atoms with E-state index in [2.05, 4.69) is 21.2 Å². The summed E-state index contributed by atoms with van der Waals surface area (Å²) in [5, 5.41) is 3.31. The van der Waals surface area contributed by atoms with Crippen molar-refractivity contribution in [1.29, 1.82) is 0 Å². The Morgan fingerprint density at radius 3 is 2.52 bits per heavy atom. The number of nitrogens with one attached hydrogen (secondary N) is 1. The van der Waals surface area contributed by atoms with Crippen LogP contribution in [0.1, 0.15) is 5.56 Å². The molecule has 0 spiro atoms. The van der Waals surface area contributed by atoms with Crippen molar-refractivity contribution in [3.63, 3.8) is 0 Å². The van der Waals surface area contributed by atoms with Gasteiger partial charge in [0, 0.05) is 17.8 Å². The van der Waals surface area contributed by atoms with Crippen molar-refractivity contribution in [2.45, 2.75) is 6.92 Å². The van der Waals surface area contributed by atoms with Gasteiger partial charge in [-0.25, -0.2) is 0 Å². The van der Waals surface area contributed by atoms with Gasteiger partial charge in [-0.2, -0.15) is 0 Å². The maximum atomic E-state index is 12.1. The van der Waals surface area contributed by atoms with Crippen LogP contribution in [0.15, 0.2) is 46.9 Å². The summed E-state index contributed by atoms with van der Waals surface area (Å²) >= 11 is 9.18. The molecule has 0 bridgehead atoms. The predicted molar refractivity (Wildman–Crippen MR) is 102 cm³/mol. The maximum Gasteiger partial charge on any atom is 0.260 e. The minimum Gasteiger partial charge on any atom is -0.483 e. The fraction of sp³-hybridized carbons (Fsp3) is 0.222. The molecule has 25 heavy (non-hydrogen) atoms. The van der Waals surface area contributed by atoms with E-state index in [0.29, 0.717) is 20.9 Å². The Morgan fingerprint density at radius 1 is 1.20 bits per heavy atom. The van der Waals surface area contributed by atoms with E-state index in [0.717, 1.165) is 5.56 Å². The Hall–Kier alpha value is -2.05. The molecule has 2 amide bonds. The first-order chi connectivity index (χ1) is 11.8. The van der Waals surface area contributed by atoms with E-state index in [4.69, 9.17) is 16.3 Å². The van der Waals surface area contributed by atoms with Gasteiger partial charge in [0.2, 0.25) is 5.91 Å². The highest BCUT2D eigenvalue weighted by Gasteiger charge is 2.14. The normalized spacial score (nSPS) is 10.2. The number of ether oxygens (including phenoxy) is 1. The molecule has 2 aromatic rings. The number of rotatable bonds is 6. The van der Waals surface area contributed by atoms with Crippen LogP contribution < -0.4 is 10.1 Å². The lowest BCUT2D eigenvalue weighted by atomic mass is 10.2. The third-order valence-corrected chi connectivity index (χ3v) is 4.24. The second-order valence-corrected chi connectivity index (χ2v) is 6.82. The number of hydrogen-bond donors (Lipinski definition) is 1. The van der Waals surface area contributed by atoms with Crippen LogP contribution in [-0.4, -0.2) is 36.9 Å². The maximum absolute atomic E-state index is 12.1. The fourth-order valence-corrected chi connectivity index (χ4v) is 2.78. The lowest BCUT2D eigenvalue weighted by molar-refractivity contribution is -0.135. The molecule has 0 aliphatic carbocycles. The number of benzene rings is 2. The zero-order valence-corrected chi connectivity index (χ0v) is 16.2. The molecule has 0 aliphatic rings. The zero-order chi connectivity index (χ0) is 18.4. The quantitative estimate of drug-likeness (QED) is 0.764. The Kier molecular flexibility index (Phi) is 6.84. The van der Waals surface area contributed by atoms with Crippen LogP contribution >= 0.6 is 27.5 Å². The van der Waals surface area contributed by atoms with E-state index in [9.17, 15) is 9.59 Å². The number of carbonyl (C=O) groups is 2. The minimum absolute atomic E-state index is 0.0577. The number of aryl methyl sites for hydroxylation is 1. The van der Waals surface area contributed by atoms with E-state index in [1.54, 1.807) is 25.2 Å². The molecule has 5 nitrogen and oxygen atoms in total. The van der Waals surface area contributed by atoms with Crippen molar-refractivity contribution in [3.05, 3.63) is 57.5 Å². The summed E-state index contributed by atoms with van der Waals surface area (Å²) < 4.78 is 6.12. The van der Waals surface area contributed by atoms with Gasteiger partial charge in [0.05, 0.1) is 11.0 Å². The Morgan fingerprint density at radius 2 is 1.88 bits per heavy atom. The van der Waals surface area contributed by atoms with Crippen LogP contribution in [0.5, 0.6) is 5.75 Å². The number of likely N-dealkylation sites (N-methyl/N-ethyl adjacent to an activating group) is 1. The lowest BCUT2D eigenvalue weighted by Gasteiger charge is -2.17. The van der Waals surface area contributed by atoms with Crippen molar-refractivity contribution in [2.24, 2.45) is 0 Å². The Balaban J connectivity index is 1.82. The highest BCUT2D eigenvalue weighted by atomic mass is 79.9. The molecule has 0 aliphatic heterocycles. The van der Waals surface area contributed by atoms with E-state index < -0.39 is 0 Å².